The maximum Gasteiger partial charge on any atom is 0.0629 e. The fourth-order valence-corrected chi connectivity index (χ4v) is 1.39. The van der Waals surface area contributed by atoms with E-state index in [4.69, 9.17) is 5.53 Å². The van der Waals surface area contributed by atoms with Crippen LogP contribution in [-0.2, 0) is 0 Å². The van der Waals surface area contributed by atoms with Gasteiger partial charge >= 0.3 is 0 Å². The number of rotatable bonds is 3. The van der Waals surface area contributed by atoms with Gasteiger partial charge in [-0.1, -0.05) is 47.6 Å². The maximum absolute atomic E-state index is 8.44. The monoisotopic (exact) mass is 222 g/mol. The second-order valence-corrected chi connectivity index (χ2v) is 3.34. The van der Waals surface area contributed by atoms with Crippen molar-refractivity contribution in [3.63, 3.8) is 0 Å². The lowest BCUT2D eigenvalue weighted by atomic mass is 10.2. The van der Waals surface area contributed by atoms with Crippen LogP contribution in [0.15, 0.2) is 64.7 Å². The molecular weight excluding hydrogens is 212 g/mol. The van der Waals surface area contributed by atoms with Gasteiger partial charge in [0, 0.05) is 22.4 Å². The molecule has 0 unspecified atom stereocenters. The average Bonchev–Trinajstić information content (AvgIpc) is 2.39. The van der Waals surface area contributed by atoms with Crippen LogP contribution in [0.5, 0.6) is 0 Å². The van der Waals surface area contributed by atoms with Crippen LogP contribution in [0, 0.1) is 0 Å². The second-order valence-electron chi connectivity index (χ2n) is 3.34. The molecular formula is C13H10N4. The molecule has 0 aliphatic heterocycles. The van der Waals surface area contributed by atoms with Crippen molar-refractivity contribution >= 4 is 17.6 Å². The van der Waals surface area contributed by atoms with Gasteiger partial charge in [-0.3, -0.25) is 4.99 Å². The lowest BCUT2D eigenvalue weighted by Crippen LogP contribution is -1.80. The largest absolute Gasteiger partial charge is 0.256 e. The van der Waals surface area contributed by atoms with E-state index in [0.717, 1.165) is 11.3 Å². The molecule has 0 atom stereocenters. The Kier molecular flexibility index (Phi) is 3.53. The number of hydrogen-bond donors (Lipinski definition) is 0. The molecule has 2 aromatic rings. The Morgan fingerprint density at radius 1 is 0.941 bits per heavy atom. The fourth-order valence-electron chi connectivity index (χ4n) is 1.39. The Balaban J connectivity index is 2.30. The highest BCUT2D eigenvalue weighted by molar-refractivity contribution is 5.88. The van der Waals surface area contributed by atoms with Gasteiger partial charge in [0.2, 0.25) is 0 Å². The van der Waals surface area contributed by atoms with Crippen molar-refractivity contribution in [1.82, 2.24) is 0 Å². The molecule has 0 amide bonds. The third kappa shape index (κ3) is 2.93. The van der Waals surface area contributed by atoms with E-state index in [-0.39, 0.29) is 0 Å². The molecule has 0 heterocycles. The summed E-state index contributed by atoms with van der Waals surface area (Å²) in [6.07, 6.45) is 1.69. The van der Waals surface area contributed by atoms with E-state index in [1.165, 1.54) is 0 Å². The predicted molar refractivity (Wildman–Crippen MR) is 68.9 cm³/mol. The highest BCUT2D eigenvalue weighted by atomic mass is 15.1. The zero-order valence-electron chi connectivity index (χ0n) is 9.06. The van der Waals surface area contributed by atoms with Crippen molar-refractivity contribution in [2.75, 3.05) is 0 Å². The van der Waals surface area contributed by atoms with E-state index in [2.05, 4.69) is 15.0 Å². The van der Waals surface area contributed by atoms with Crippen molar-refractivity contribution in [3.05, 3.63) is 70.6 Å². The van der Waals surface area contributed by atoms with Crippen LogP contribution < -0.4 is 0 Å². The van der Waals surface area contributed by atoms with Gasteiger partial charge in [0.15, 0.2) is 0 Å². The second kappa shape index (κ2) is 5.49. The first kappa shape index (κ1) is 10.9. The summed E-state index contributed by atoms with van der Waals surface area (Å²) in [5.41, 5.74) is 10.7. The van der Waals surface area contributed by atoms with Crippen molar-refractivity contribution < 1.29 is 0 Å². The smallest absolute Gasteiger partial charge is 0.0629 e. The summed E-state index contributed by atoms with van der Waals surface area (Å²) in [5.74, 6) is 0. The Morgan fingerprint density at radius 3 is 2.41 bits per heavy atom. The van der Waals surface area contributed by atoms with Crippen LogP contribution in [0.25, 0.3) is 10.4 Å². The standard InChI is InChI=1S/C13H10N4/c14-17-16-13-9-5-4-6-11(13)10-15-12-7-2-1-3-8-12/h1-10H. The van der Waals surface area contributed by atoms with Crippen molar-refractivity contribution in [2.24, 2.45) is 10.1 Å². The predicted octanol–water partition coefficient (Wildman–Crippen LogP) is 4.38. The summed E-state index contributed by atoms with van der Waals surface area (Å²) in [4.78, 5) is 7.10. The normalized spacial score (nSPS) is 10.1. The van der Waals surface area contributed by atoms with Crippen molar-refractivity contribution in [1.29, 1.82) is 0 Å². The Bertz CT molecular complexity index is 569. The van der Waals surface area contributed by atoms with Gasteiger partial charge < -0.3 is 0 Å². The Morgan fingerprint density at radius 2 is 1.65 bits per heavy atom. The molecule has 0 saturated carbocycles. The first-order valence-corrected chi connectivity index (χ1v) is 5.13. The van der Waals surface area contributed by atoms with Crippen LogP contribution in [0.4, 0.5) is 11.4 Å². The molecule has 82 valence electrons. The lowest BCUT2D eigenvalue weighted by Gasteiger charge is -1.97. The van der Waals surface area contributed by atoms with Gasteiger partial charge in [0.1, 0.15) is 0 Å². The molecule has 0 N–H and O–H groups in total. The number of nitrogens with zero attached hydrogens (tertiary/aromatic N) is 4. The SMILES string of the molecule is [N-]=[N+]=Nc1ccccc1C=Nc1ccccc1. The summed E-state index contributed by atoms with van der Waals surface area (Å²) in [6.45, 7) is 0. The molecule has 0 spiro atoms. The van der Waals surface area contributed by atoms with E-state index in [1.54, 1.807) is 12.3 Å². The first-order chi connectivity index (χ1) is 8.40. The Hall–Kier alpha value is -2.58. The van der Waals surface area contributed by atoms with Crippen LogP contribution in [0.1, 0.15) is 5.56 Å². The third-order valence-electron chi connectivity index (χ3n) is 2.20. The Labute approximate surface area is 98.9 Å². The maximum atomic E-state index is 8.44. The van der Waals surface area contributed by atoms with Gasteiger partial charge in [0.25, 0.3) is 0 Å². The number of hydrogen-bond acceptors (Lipinski definition) is 2. The van der Waals surface area contributed by atoms with Crippen LogP contribution in [-0.4, -0.2) is 6.21 Å². The molecule has 0 saturated heterocycles. The van der Waals surface area contributed by atoms with E-state index >= 15 is 0 Å². The lowest BCUT2D eigenvalue weighted by molar-refractivity contribution is 1.45. The van der Waals surface area contributed by atoms with Crippen molar-refractivity contribution in [2.45, 2.75) is 0 Å². The molecule has 0 radical (unpaired) electrons. The minimum absolute atomic E-state index is 0.578. The number of azide groups is 1. The molecule has 0 bridgehead atoms. The van der Waals surface area contributed by atoms with E-state index < -0.39 is 0 Å². The number of benzene rings is 2. The van der Waals surface area contributed by atoms with E-state index in [9.17, 15) is 0 Å². The van der Waals surface area contributed by atoms with Crippen molar-refractivity contribution in [3.8, 4) is 0 Å². The van der Waals surface area contributed by atoms with Gasteiger partial charge in [-0.05, 0) is 17.7 Å². The summed E-state index contributed by atoms with van der Waals surface area (Å²) in [5, 5.41) is 3.61. The van der Waals surface area contributed by atoms with E-state index in [0.29, 0.717) is 5.69 Å². The summed E-state index contributed by atoms with van der Waals surface area (Å²) in [6, 6.07) is 16.9. The topological polar surface area (TPSA) is 61.1 Å². The molecule has 0 aliphatic carbocycles. The molecule has 2 aromatic carbocycles. The van der Waals surface area contributed by atoms with Crippen LogP contribution >= 0.6 is 0 Å². The molecule has 0 aromatic heterocycles. The minimum atomic E-state index is 0.578. The molecule has 4 heteroatoms. The third-order valence-corrected chi connectivity index (χ3v) is 2.20. The fraction of sp³-hybridized carbons (Fsp3) is 0. The van der Waals surface area contributed by atoms with Crippen LogP contribution in [0.3, 0.4) is 0 Å². The highest BCUT2D eigenvalue weighted by Gasteiger charge is 1.95. The summed E-state index contributed by atoms with van der Waals surface area (Å²) < 4.78 is 0. The molecule has 2 rings (SSSR count). The van der Waals surface area contributed by atoms with Gasteiger partial charge in [-0.15, -0.1) is 0 Å². The van der Waals surface area contributed by atoms with E-state index in [1.807, 2.05) is 48.5 Å². The van der Waals surface area contributed by atoms with Gasteiger partial charge in [-0.25, -0.2) is 0 Å². The number of para-hydroxylation sites is 1. The van der Waals surface area contributed by atoms with Crippen LogP contribution in [0.2, 0.25) is 0 Å². The molecule has 0 aliphatic rings. The summed E-state index contributed by atoms with van der Waals surface area (Å²) >= 11 is 0. The minimum Gasteiger partial charge on any atom is -0.256 e. The zero-order chi connectivity index (χ0) is 11.9. The number of aliphatic imine (C=N–C) groups is 1. The summed E-state index contributed by atoms with van der Waals surface area (Å²) in [7, 11) is 0. The molecule has 0 fully saturated rings. The first-order valence-electron chi connectivity index (χ1n) is 5.13. The van der Waals surface area contributed by atoms with Gasteiger partial charge in [0.05, 0.1) is 5.69 Å². The molecule has 4 nitrogen and oxygen atoms in total. The average molecular weight is 222 g/mol. The highest BCUT2D eigenvalue weighted by Crippen LogP contribution is 2.18. The van der Waals surface area contributed by atoms with Gasteiger partial charge in [-0.2, -0.15) is 0 Å². The quantitative estimate of drug-likeness (QED) is 0.320. The zero-order valence-corrected chi connectivity index (χ0v) is 9.06. The molecule has 17 heavy (non-hydrogen) atoms.